The molecule has 0 aliphatic heterocycles. The molecule has 0 fully saturated rings. The van der Waals surface area contributed by atoms with Crippen LogP contribution in [-0.2, 0) is 19.4 Å². The zero-order valence-corrected chi connectivity index (χ0v) is 13.4. The first kappa shape index (κ1) is 17.4. The Morgan fingerprint density at radius 1 is 1.21 bits per heavy atom. The van der Waals surface area contributed by atoms with Gasteiger partial charge >= 0.3 is 11.7 Å². The summed E-state index contributed by atoms with van der Waals surface area (Å²) in [4.78, 5) is 23.5. The molecule has 0 bridgehead atoms. The molecule has 1 N–H and O–H groups in total. The molecule has 0 aliphatic carbocycles. The van der Waals surface area contributed by atoms with Gasteiger partial charge in [0.05, 0.1) is 4.90 Å². The molecule has 1 amide bonds. The number of esters is 1. The van der Waals surface area contributed by atoms with Crippen molar-refractivity contribution in [2.75, 3.05) is 18.2 Å². The van der Waals surface area contributed by atoms with E-state index >= 15 is 0 Å². The van der Waals surface area contributed by atoms with Crippen LogP contribution in [0.4, 0.5) is 5.69 Å². The predicted molar refractivity (Wildman–Crippen MR) is 83.9 cm³/mol. The zero-order chi connectivity index (χ0) is 17.7. The number of hydrogen-bond donors (Lipinski definition) is 1. The molecule has 1 aromatic heterocycles. The number of carbonyl (C=O) groups excluding carboxylic acids is 2. The number of rotatable bonds is 5. The lowest BCUT2D eigenvalue weighted by molar-refractivity contribution is -0.608. The van der Waals surface area contributed by atoms with Gasteiger partial charge in [0.1, 0.15) is 0 Å². The molecular formula is C15H14N2O6S. The molecule has 1 aromatic carbocycles. The second-order valence-corrected chi connectivity index (χ2v) is 6.85. The fourth-order valence-electron chi connectivity index (χ4n) is 1.79. The van der Waals surface area contributed by atoms with Crippen molar-refractivity contribution in [3.8, 4) is 0 Å². The number of ether oxygens (including phenoxy) is 1. The van der Waals surface area contributed by atoms with E-state index in [0.29, 0.717) is 4.73 Å². The Bertz CT molecular complexity index is 879. The molecular weight excluding hydrogens is 336 g/mol. The van der Waals surface area contributed by atoms with E-state index in [2.05, 4.69) is 5.32 Å². The maximum atomic E-state index is 11.8. The highest BCUT2D eigenvalue weighted by atomic mass is 32.2. The van der Waals surface area contributed by atoms with Crippen molar-refractivity contribution in [3.63, 3.8) is 0 Å². The number of amides is 1. The molecule has 0 saturated heterocycles. The van der Waals surface area contributed by atoms with Crippen LogP contribution < -0.4 is 10.0 Å². The van der Waals surface area contributed by atoms with Gasteiger partial charge < -0.3 is 15.3 Å². The van der Waals surface area contributed by atoms with Crippen molar-refractivity contribution >= 4 is 27.4 Å². The average molecular weight is 350 g/mol. The summed E-state index contributed by atoms with van der Waals surface area (Å²) in [5.41, 5.74) is 0.00180. The molecule has 126 valence electrons. The second kappa shape index (κ2) is 7.09. The first-order chi connectivity index (χ1) is 11.3. The largest absolute Gasteiger partial charge is 0.618 e. The lowest BCUT2D eigenvalue weighted by Crippen LogP contribution is -2.35. The van der Waals surface area contributed by atoms with E-state index in [9.17, 15) is 23.2 Å². The van der Waals surface area contributed by atoms with E-state index in [1.165, 1.54) is 42.5 Å². The van der Waals surface area contributed by atoms with Crippen LogP contribution in [0.3, 0.4) is 0 Å². The fraction of sp³-hybridized carbons (Fsp3) is 0.133. The van der Waals surface area contributed by atoms with Crippen LogP contribution in [0, 0.1) is 5.21 Å². The quantitative estimate of drug-likeness (QED) is 0.477. The highest BCUT2D eigenvalue weighted by Gasteiger charge is 2.18. The van der Waals surface area contributed by atoms with Gasteiger partial charge in [0.25, 0.3) is 5.91 Å². The molecule has 0 aliphatic rings. The fourth-order valence-corrected chi connectivity index (χ4v) is 2.46. The first-order valence-electron chi connectivity index (χ1n) is 6.72. The third-order valence-corrected chi connectivity index (χ3v) is 4.02. The number of benzene rings is 1. The van der Waals surface area contributed by atoms with Crippen LogP contribution in [0.1, 0.15) is 10.5 Å². The Balaban J connectivity index is 1.97. The van der Waals surface area contributed by atoms with Crippen molar-refractivity contribution < 1.29 is 27.5 Å². The zero-order valence-electron chi connectivity index (χ0n) is 12.6. The van der Waals surface area contributed by atoms with Crippen molar-refractivity contribution in [1.82, 2.24) is 0 Å². The van der Waals surface area contributed by atoms with Gasteiger partial charge in [-0.3, -0.25) is 4.79 Å². The molecule has 24 heavy (non-hydrogen) atoms. The summed E-state index contributed by atoms with van der Waals surface area (Å²) < 4.78 is 28.0. The molecule has 0 saturated carbocycles. The maximum Gasteiger partial charge on any atom is 0.405 e. The predicted octanol–water partition coefficient (Wildman–Crippen LogP) is 0.519. The van der Waals surface area contributed by atoms with Gasteiger partial charge in [-0.15, -0.1) is 0 Å². The van der Waals surface area contributed by atoms with E-state index in [-0.39, 0.29) is 16.3 Å². The minimum atomic E-state index is -3.40. The van der Waals surface area contributed by atoms with Crippen LogP contribution in [0.5, 0.6) is 0 Å². The highest BCUT2D eigenvalue weighted by Crippen LogP contribution is 2.15. The van der Waals surface area contributed by atoms with Gasteiger partial charge in [-0.1, -0.05) is 6.07 Å². The Morgan fingerprint density at radius 2 is 1.96 bits per heavy atom. The van der Waals surface area contributed by atoms with Gasteiger partial charge in [-0.2, -0.15) is 4.73 Å². The normalized spacial score (nSPS) is 10.9. The van der Waals surface area contributed by atoms with E-state index in [0.717, 1.165) is 12.5 Å². The van der Waals surface area contributed by atoms with Gasteiger partial charge in [-0.05, 0) is 24.3 Å². The van der Waals surface area contributed by atoms with E-state index in [1.807, 2.05) is 0 Å². The average Bonchev–Trinajstić information content (AvgIpc) is 2.52. The van der Waals surface area contributed by atoms with Crippen LogP contribution in [0.2, 0.25) is 0 Å². The summed E-state index contributed by atoms with van der Waals surface area (Å²) in [6, 6.07) is 9.86. The van der Waals surface area contributed by atoms with Gasteiger partial charge in [0, 0.05) is 24.1 Å². The van der Waals surface area contributed by atoms with E-state index in [1.54, 1.807) is 0 Å². The molecule has 2 aromatic rings. The van der Waals surface area contributed by atoms with Gasteiger partial charge in [0.15, 0.2) is 22.6 Å². The van der Waals surface area contributed by atoms with Crippen molar-refractivity contribution in [1.29, 1.82) is 0 Å². The highest BCUT2D eigenvalue weighted by molar-refractivity contribution is 7.90. The van der Waals surface area contributed by atoms with Crippen LogP contribution in [0.15, 0.2) is 53.6 Å². The third-order valence-electron chi connectivity index (χ3n) is 2.91. The molecule has 1 heterocycles. The number of carbonyl (C=O) groups is 2. The summed E-state index contributed by atoms with van der Waals surface area (Å²) in [6.07, 6.45) is 2.18. The Labute approximate surface area is 138 Å². The van der Waals surface area contributed by atoms with Crippen molar-refractivity contribution in [2.45, 2.75) is 4.90 Å². The molecule has 0 spiro atoms. The van der Waals surface area contributed by atoms with E-state index < -0.39 is 28.3 Å². The van der Waals surface area contributed by atoms with Crippen molar-refractivity contribution in [2.24, 2.45) is 0 Å². The van der Waals surface area contributed by atoms with Gasteiger partial charge in [0.2, 0.25) is 0 Å². The summed E-state index contributed by atoms with van der Waals surface area (Å²) >= 11 is 0. The number of aromatic nitrogens is 1. The maximum absolute atomic E-state index is 11.8. The molecule has 2 rings (SSSR count). The second-order valence-electron chi connectivity index (χ2n) is 4.84. The van der Waals surface area contributed by atoms with Crippen LogP contribution in [-0.4, -0.2) is 33.2 Å². The third kappa shape index (κ3) is 4.53. The Hall–Kier alpha value is -2.94. The Kier molecular flexibility index (Phi) is 5.14. The number of pyridine rings is 1. The van der Waals surface area contributed by atoms with Gasteiger partial charge in [-0.25, -0.2) is 13.2 Å². The molecule has 0 radical (unpaired) electrons. The van der Waals surface area contributed by atoms with Crippen molar-refractivity contribution in [3.05, 3.63) is 59.6 Å². The number of nitrogens with zero attached hydrogens (tertiary/aromatic N) is 1. The summed E-state index contributed by atoms with van der Waals surface area (Å²) in [5, 5.41) is 13.8. The van der Waals surface area contributed by atoms with Crippen LogP contribution in [0.25, 0.3) is 0 Å². The van der Waals surface area contributed by atoms with Crippen LogP contribution >= 0.6 is 0 Å². The Morgan fingerprint density at radius 3 is 2.62 bits per heavy atom. The molecule has 0 atom stereocenters. The topological polar surface area (TPSA) is 116 Å². The molecule has 0 unspecified atom stereocenters. The SMILES string of the molecule is CS(=O)(=O)c1cccc(NC(=O)COC(=O)c2cccc[n+]2[O-])c1. The molecule has 9 heteroatoms. The summed E-state index contributed by atoms with van der Waals surface area (Å²) in [6.45, 7) is -0.614. The standard InChI is InChI=1S/C15H14N2O6S/c1-24(21,22)12-6-4-5-11(9-12)16-14(18)10-23-15(19)13-7-2-3-8-17(13)20/h2-9H,10H2,1H3,(H,16,18). The monoisotopic (exact) mass is 350 g/mol. The lowest BCUT2D eigenvalue weighted by atomic mass is 10.3. The minimum absolute atomic E-state index is 0.0500. The smallest absolute Gasteiger partial charge is 0.405 e. The first-order valence-corrected chi connectivity index (χ1v) is 8.62. The van der Waals surface area contributed by atoms with E-state index in [4.69, 9.17) is 4.74 Å². The summed E-state index contributed by atoms with van der Waals surface area (Å²) in [5.74, 6) is -1.60. The number of nitrogens with one attached hydrogen (secondary N) is 1. The number of hydrogen-bond acceptors (Lipinski definition) is 6. The minimum Gasteiger partial charge on any atom is -0.618 e. The number of sulfone groups is 1. The number of anilines is 1. The summed E-state index contributed by atoms with van der Waals surface area (Å²) in [7, 11) is -3.40. The molecule has 8 nitrogen and oxygen atoms in total. The lowest BCUT2D eigenvalue weighted by Gasteiger charge is -2.07.